The first kappa shape index (κ1) is 22.5. The van der Waals surface area contributed by atoms with Crippen LogP contribution in [0.4, 0.5) is 10.1 Å². The Hall–Kier alpha value is -3.20. The number of ether oxygens (including phenoxy) is 1. The monoisotopic (exact) mass is 428 g/mol. The van der Waals surface area contributed by atoms with E-state index in [4.69, 9.17) is 16.2 Å². The predicted molar refractivity (Wildman–Crippen MR) is 121 cm³/mol. The zero-order chi connectivity index (χ0) is 22.4. The van der Waals surface area contributed by atoms with Crippen LogP contribution in [0.25, 0.3) is 5.57 Å². The number of nitrogens with two attached hydrogens (primary N) is 2. The molecule has 31 heavy (non-hydrogen) atoms. The van der Waals surface area contributed by atoms with Gasteiger partial charge in [0.15, 0.2) is 0 Å². The molecule has 2 aliphatic heterocycles. The molecule has 1 aromatic rings. The molecule has 0 aromatic heterocycles. The molecule has 0 radical (unpaired) electrons. The number of aliphatic imine (C=N–C) groups is 2. The number of carbonyl (C=O) groups excluding carboxylic acids is 1. The average molecular weight is 429 g/mol. The normalized spacial score (nSPS) is 20.6. The quantitative estimate of drug-likeness (QED) is 0.471. The fourth-order valence-electron chi connectivity index (χ4n) is 3.65. The molecule has 0 bridgehead atoms. The van der Waals surface area contributed by atoms with E-state index in [2.05, 4.69) is 15.3 Å². The van der Waals surface area contributed by atoms with Crippen molar-refractivity contribution in [1.82, 2.24) is 10.2 Å². The molecule has 1 atom stereocenters. The summed E-state index contributed by atoms with van der Waals surface area (Å²) in [6.45, 7) is 3.78. The number of rotatable bonds is 6. The topological polar surface area (TPSA) is 118 Å². The summed E-state index contributed by atoms with van der Waals surface area (Å²) >= 11 is 0. The van der Waals surface area contributed by atoms with Crippen molar-refractivity contribution in [3.05, 3.63) is 47.0 Å². The van der Waals surface area contributed by atoms with E-state index in [0.717, 1.165) is 12.1 Å². The highest BCUT2D eigenvalue weighted by Crippen LogP contribution is 2.25. The molecule has 1 fully saturated rings. The minimum absolute atomic E-state index is 0.0391. The maximum absolute atomic E-state index is 14.8. The lowest BCUT2D eigenvalue weighted by molar-refractivity contribution is -0.128. The van der Waals surface area contributed by atoms with Crippen molar-refractivity contribution in [2.24, 2.45) is 21.5 Å². The molecule has 9 heteroatoms. The first-order valence-electron chi connectivity index (χ1n) is 10.2. The summed E-state index contributed by atoms with van der Waals surface area (Å²) in [6.07, 6.45) is 4.45. The third kappa shape index (κ3) is 5.49. The lowest BCUT2D eigenvalue weighted by atomic mass is 10.0. The number of benzene rings is 1. The van der Waals surface area contributed by atoms with E-state index in [0.29, 0.717) is 49.4 Å². The number of nitrogens with one attached hydrogen (secondary N) is 1. The number of amidine groups is 1. The van der Waals surface area contributed by atoms with Gasteiger partial charge < -0.3 is 26.4 Å². The Morgan fingerprint density at radius 3 is 2.84 bits per heavy atom. The molecule has 2 aliphatic rings. The average Bonchev–Trinajstić information content (AvgIpc) is 3.26. The minimum atomic E-state index is -0.525. The van der Waals surface area contributed by atoms with E-state index >= 15 is 0 Å². The Balaban J connectivity index is 1.91. The molecule has 0 aliphatic carbocycles. The summed E-state index contributed by atoms with van der Waals surface area (Å²) in [6, 6.07) is 4.80. The van der Waals surface area contributed by atoms with Gasteiger partial charge >= 0.3 is 0 Å². The molecule has 1 aromatic carbocycles. The van der Waals surface area contributed by atoms with Crippen molar-refractivity contribution in [2.75, 3.05) is 33.4 Å². The van der Waals surface area contributed by atoms with Gasteiger partial charge in [-0.3, -0.25) is 9.79 Å². The van der Waals surface area contributed by atoms with Crippen molar-refractivity contribution >= 4 is 29.2 Å². The summed E-state index contributed by atoms with van der Waals surface area (Å²) in [5, 5.41) is 3.48. The van der Waals surface area contributed by atoms with Crippen LogP contribution in [0.15, 0.2) is 45.7 Å². The molecule has 8 nitrogen and oxygen atoms in total. The van der Waals surface area contributed by atoms with E-state index in [9.17, 15) is 9.18 Å². The van der Waals surface area contributed by atoms with Crippen LogP contribution in [-0.2, 0) is 9.53 Å². The minimum Gasteiger partial charge on any atom is -0.404 e. The molecule has 1 unspecified atom stereocenters. The molecule has 1 amide bonds. The molecule has 2 heterocycles. The SMILES string of the molecule is CN=CC(=CN)c1ccc(N=C(N)C2=C(NC3CCOC3)CCN(C(C)=O)C2)c(F)c1. The Labute approximate surface area is 181 Å². The van der Waals surface area contributed by atoms with Gasteiger partial charge in [0.2, 0.25) is 5.91 Å². The molecular weight excluding hydrogens is 399 g/mol. The van der Waals surface area contributed by atoms with Crippen LogP contribution >= 0.6 is 0 Å². The summed E-state index contributed by atoms with van der Waals surface area (Å²) in [7, 11) is 1.62. The van der Waals surface area contributed by atoms with Gasteiger partial charge in [-0.2, -0.15) is 0 Å². The largest absolute Gasteiger partial charge is 0.404 e. The van der Waals surface area contributed by atoms with E-state index in [1.165, 1.54) is 19.2 Å². The number of amides is 1. The van der Waals surface area contributed by atoms with Crippen molar-refractivity contribution < 1.29 is 13.9 Å². The van der Waals surface area contributed by atoms with E-state index in [1.807, 2.05) is 0 Å². The first-order valence-corrected chi connectivity index (χ1v) is 10.2. The third-order valence-electron chi connectivity index (χ3n) is 5.38. The van der Waals surface area contributed by atoms with Crippen molar-refractivity contribution in [2.45, 2.75) is 25.8 Å². The van der Waals surface area contributed by atoms with Gasteiger partial charge in [-0.25, -0.2) is 9.38 Å². The van der Waals surface area contributed by atoms with Gasteiger partial charge in [0.25, 0.3) is 0 Å². The highest BCUT2D eigenvalue weighted by molar-refractivity contribution is 6.09. The molecule has 0 saturated carbocycles. The fourth-order valence-corrected chi connectivity index (χ4v) is 3.65. The second-order valence-corrected chi connectivity index (χ2v) is 7.53. The maximum atomic E-state index is 14.8. The predicted octanol–water partition coefficient (Wildman–Crippen LogP) is 1.70. The van der Waals surface area contributed by atoms with Crippen molar-refractivity contribution in [3.63, 3.8) is 0 Å². The number of hydrogen-bond acceptors (Lipinski definition) is 6. The lowest BCUT2D eigenvalue weighted by Gasteiger charge is -2.31. The summed E-state index contributed by atoms with van der Waals surface area (Å²) in [4.78, 5) is 21.9. The lowest BCUT2D eigenvalue weighted by Crippen LogP contribution is -2.43. The number of nitrogens with zero attached hydrogens (tertiary/aromatic N) is 3. The van der Waals surface area contributed by atoms with Gasteiger partial charge in [-0.1, -0.05) is 6.07 Å². The van der Waals surface area contributed by atoms with Crippen LogP contribution in [0.5, 0.6) is 0 Å². The van der Waals surface area contributed by atoms with Gasteiger partial charge in [0.05, 0.1) is 19.2 Å². The zero-order valence-corrected chi connectivity index (χ0v) is 17.9. The highest BCUT2D eigenvalue weighted by Gasteiger charge is 2.26. The fraction of sp³-hybridized carbons (Fsp3) is 0.409. The van der Waals surface area contributed by atoms with Crippen LogP contribution < -0.4 is 16.8 Å². The van der Waals surface area contributed by atoms with E-state index in [1.54, 1.807) is 30.3 Å². The Morgan fingerprint density at radius 2 is 2.23 bits per heavy atom. The molecule has 0 spiro atoms. The first-order chi connectivity index (χ1) is 14.9. The molecule has 5 N–H and O–H groups in total. The molecular formula is C22H29FN6O2. The van der Waals surface area contributed by atoms with Crippen LogP contribution in [-0.4, -0.2) is 62.3 Å². The van der Waals surface area contributed by atoms with Crippen LogP contribution in [0.3, 0.4) is 0 Å². The maximum Gasteiger partial charge on any atom is 0.219 e. The van der Waals surface area contributed by atoms with E-state index < -0.39 is 5.82 Å². The third-order valence-corrected chi connectivity index (χ3v) is 5.38. The van der Waals surface area contributed by atoms with Crippen LogP contribution in [0, 0.1) is 5.82 Å². The molecule has 1 saturated heterocycles. The smallest absolute Gasteiger partial charge is 0.219 e. The Bertz CT molecular complexity index is 947. The van der Waals surface area contributed by atoms with Crippen LogP contribution in [0.2, 0.25) is 0 Å². The summed E-state index contributed by atoms with van der Waals surface area (Å²) in [5.74, 6) is -0.380. The van der Waals surface area contributed by atoms with Crippen molar-refractivity contribution in [1.29, 1.82) is 0 Å². The van der Waals surface area contributed by atoms with Gasteiger partial charge in [-0.05, 0) is 24.1 Å². The molecule has 3 rings (SSSR count). The van der Waals surface area contributed by atoms with Gasteiger partial charge in [-0.15, -0.1) is 0 Å². The number of carbonyl (C=O) groups is 1. The Kier molecular flexibility index (Phi) is 7.41. The van der Waals surface area contributed by atoms with Crippen molar-refractivity contribution in [3.8, 4) is 0 Å². The van der Waals surface area contributed by atoms with Gasteiger partial charge in [0, 0.05) is 62.8 Å². The zero-order valence-electron chi connectivity index (χ0n) is 17.9. The summed E-state index contributed by atoms with van der Waals surface area (Å²) in [5.41, 5.74) is 14.8. The Morgan fingerprint density at radius 1 is 1.42 bits per heavy atom. The molecule has 166 valence electrons. The summed E-state index contributed by atoms with van der Waals surface area (Å²) < 4.78 is 20.2. The van der Waals surface area contributed by atoms with E-state index in [-0.39, 0.29) is 23.5 Å². The van der Waals surface area contributed by atoms with Gasteiger partial charge in [0.1, 0.15) is 17.3 Å². The van der Waals surface area contributed by atoms with Crippen LogP contribution in [0.1, 0.15) is 25.3 Å². The standard InChI is InChI=1S/C22H29FN6O2/c1-14(30)29-7-5-20(27-17-6-8-31-13-17)18(12-29)22(25)28-21-4-3-15(9-19(21)23)16(10-24)11-26-2/h3-4,9-11,17,27H,5-8,12-13,24H2,1-2H3,(H2,25,28). The number of hydrogen-bond donors (Lipinski definition) is 3. The number of allylic oxidation sites excluding steroid dienone is 1. The number of halogens is 1. The second kappa shape index (κ2) is 10.2. The second-order valence-electron chi connectivity index (χ2n) is 7.53. The highest BCUT2D eigenvalue weighted by atomic mass is 19.1.